The van der Waals surface area contributed by atoms with Crippen molar-refractivity contribution in [3.63, 3.8) is 0 Å². The van der Waals surface area contributed by atoms with E-state index in [0.717, 1.165) is 25.7 Å². The first kappa shape index (κ1) is 29.0. The third-order valence-electron chi connectivity index (χ3n) is 4.30. The molecule has 5 nitrogen and oxygen atoms in total. The molecule has 0 aliphatic rings. The van der Waals surface area contributed by atoms with Crippen molar-refractivity contribution in [3.8, 4) is 0 Å². The molecule has 6 heteroatoms. The number of ether oxygens (including phenoxy) is 1. The van der Waals surface area contributed by atoms with Crippen LogP contribution < -0.4 is 29.6 Å². The number of carbonyl (C=O) groups is 2. The molecule has 1 unspecified atom stereocenters. The Morgan fingerprint density at radius 1 is 0.889 bits per heavy atom. The number of hydrogen-bond donors (Lipinski definition) is 2. The molecule has 0 aromatic rings. The summed E-state index contributed by atoms with van der Waals surface area (Å²) in [6.07, 6.45) is 18.4. The molecule has 0 aliphatic carbocycles. The third kappa shape index (κ3) is 20.3. The van der Waals surface area contributed by atoms with Crippen LogP contribution >= 0.6 is 0 Å². The molecule has 0 aromatic carbocycles. The standard InChI is InChI=1S/C21H38O5.Na.H/c1-2-3-4-5-6-7-8-9-10-11-12-13-14-15-16-17-20(24)26-21(25)19(23)18-22;;/h9-10,19,22-23H,2-8,11-18H2,1H3;;/q;+1;-1/b10-9-;;. The number of aliphatic hydroxyl groups is 2. The Balaban J connectivity index is -0.00000312. The summed E-state index contributed by atoms with van der Waals surface area (Å²) in [6.45, 7) is 1.51. The number of carbonyl (C=O) groups excluding carboxylic acids is 2. The van der Waals surface area contributed by atoms with E-state index >= 15 is 0 Å². The number of aliphatic hydroxyl groups excluding tert-OH is 2. The smallest absolute Gasteiger partial charge is 1.00 e. The maximum absolute atomic E-state index is 11.4. The number of allylic oxidation sites excluding steroid dienone is 2. The molecule has 2 N–H and O–H groups in total. The average molecular weight is 395 g/mol. The predicted molar refractivity (Wildman–Crippen MR) is 105 cm³/mol. The van der Waals surface area contributed by atoms with Crippen LogP contribution in [0, 0.1) is 0 Å². The maximum Gasteiger partial charge on any atom is 1.00 e. The van der Waals surface area contributed by atoms with E-state index in [4.69, 9.17) is 10.2 Å². The summed E-state index contributed by atoms with van der Waals surface area (Å²) in [5.74, 6) is -1.72. The van der Waals surface area contributed by atoms with Gasteiger partial charge in [-0.25, -0.2) is 4.79 Å². The quantitative estimate of drug-likeness (QED) is 0.129. The van der Waals surface area contributed by atoms with E-state index in [-0.39, 0.29) is 37.4 Å². The minimum Gasteiger partial charge on any atom is -1.00 e. The Labute approximate surface area is 188 Å². The van der Waals surface area contributed by atoms with Gasteiger partial charge in [0.1, 0.15) is 0 Å². The minimum atomic E-state index is -1.63. The second-order valence-electron chi connectivity index (χ2n) is 6.83. The second kappa shape index (κ2) is 22.1. The van der Waals surface area contributed by atoms with Gasteiger partial charge in [-0.05, 0) is 32.1 Å². The topological polar surface area (TPSA) is 83.8 Å². The molecule has 0 fully saturated rings. The Hall–Kier alpha value is -0.200. The normalized spacial score (nSPS) is 12.0. The van der Waals surface area contributed by atoms with E-state index in [2.05, 4.69) is 23.8 Å². The monoisotopic (exact) mass is 394 g/mol. The molecular weight excluding hydrogens is 355 g/mol. The average Bonchev–Trinajstić information content (AvgIpc) is 2.64. The zero-order chi connectivity index (χ0) is 19.5. The van der Waals surface area contributed by atoms with Crippen LogP contribution in [0.1, 0.15) is 98.2 Å². The molecule has 0 radical (unpaired) electrons. The first-order valence-electron chi connectivity index (χ1n) is 10.3. The molecule has 0 bridgehead atoms. The van der Waals surface area contributed by atoms with Gasteiger partial charge < -0.3 is 16.4 Å². The molecule has 154 valence electrons. The number of hydrogen-bond acceptors (Lipinski definition) is 5. The molecule has 0 rings (SSSR count). The van der Waals surface area contributed by atoms with Crippen LogP contribution in [0.2, 0.25) is 0 Å². The summed E-state index contributed by atoms with van der Waals surface area (Å²) in [5, 5.41) is 17.6. The van der Waals surface area contributed by atoms with E-state index < -0.39 is 24.6 Å². The number of unbranched alkanes of at least 4 members (excludes halogenated alkanes) is 11. The summed E-state index contributed by atoms with van der Waals surface area (Å²) < 4.78 is 4.43. The molecule has 0 aliphatic heterocycles. The zero-order valence-electron chi connectivity index (χ0n) is 18.5. The van der Waals surface area contributed by atoms with Gasteiger partial charge in [0.05, 0.1) is 6.61 Å². The van der Waals surface area contributed by atoms with Gasteiger partial charge in [-0.3, -0.25) is 4.79 Å². The van der Waals surface area contributed by atoms with Crippen LogP contribution in [0.4, 0.5) is 0 Å². The van der Waals surface area contributed by atoms with Crippen LogP contribution in [0.5, 0.6) is 0 Å². The predicted octanol–water partition coefficient (Wildman–Crippen LogP) is 1.56. The maximum atomic E-state index is 11.4. The Morgan fingerprint density at radius 3 is 1.89 bits per heavy atom. The van der Waals surface area contributed by atoms with Crippen LogP contribution in [-0.2, 0) is 14.3 Å². The number of rotatable bonds is 17. The van der Waals surface area contributed by atoms with Gasteiger partial charge in [-0.1, -0.05) is 70.4 Å². The van der Waals surface area contributed by atoms with Gasteiger partial charge in [0.15, 0.2) is 6.10 Å². The van der Waals surface area contributed by atoms with Crippen LogP contribution in [0.25, 0.3) is 0 Å². The fraction of sp³-hybridized carbons (Fsp3) is 0.810. The van der Waals surface area contributed by atoms with Crippen LogP contribution in [0.15, 0.2) is 12.2 Å². The fourth-order valence-corrected chi connectivity index (χ4v) is 2.65. The van der Waals surface area contributed by atoms with Crippen molar-refractivity contribution in [2.24, 2.45) is 0 Å². The SMILES string of the molecule is CCCCCCCC/C=C\CCCCCCCC(=O)OC(=O)C(O)CO.[H-].[Na+]. The molecule has 0 amide bonds. The Kier molecular flexibility index (Phi) is 23.7. The van der Waals surface area contributed by atoms with Crippen LogP contribution in [0.3, 0.4) is 0 Å². The summed E-state index contributed by atoms with van der Waals surface area (Å²) in [4.78, 5) is 22.4. The van der Waals surface area contributed by atoms with Gasteiger partial charge in [-0.2, -0.15) is 0 Å². The molecule has 1 atom stereocenters. The summed E-state index contributed by atoms with van der Waals surface area (Å²) in [5.41, 5.74) is 0. The van der Waals surface area contributed by atoms with Crippen molar-refractivity contribution in [3.05, 3.63) is 12.2 Å². The van der Waals surface area contributed by atoms with E-state index in [1.165, 1.54) is 51.4 Å². The van der Waals surface area contributed by atoms with Crippen LogP contribution in [-0.4, -0.2) is 34.9 Å². The van der Waals surface area contributed by atoms with E-state index in [9.17, 15) is 9.59 Å². The van der Waals surface area contributed by atoms with Gasteiger partial charge in [0, 0.05) is 6.42 Å². The molecule has 27 heavy (non-hydrogen) atoms. The van der Waals surface area contributed by atoms with Crippen molar-refractivity contribution in [1.29, 1.82) is 0 Å². The molecule has 0 aromatic heterocycles. The second-order valence-corrected chi connectivity index (χ2v) is 6.83. The van der Waals surface area contributed by atoms with Crippen molar-refractivity contribution in [2.45, 2.75) is 103 Å². The summed E-state index contributed by atoms with van der Waals surface area (Å²) >= 11 is 0. The van der Waals surface area contributed by atoms with Crippen molar-refractivity contribution in [1.82, 2.24) is 0 Å². The molecule has 0 saturated carbocycles. The van der Waals surface area contributed by atoms with Crippen molar-refractivity contribution >= 4 is 11.9 Å². The summed E-state index contributed by atoms with van der Waals surface area (Å²) in [6, 6.07) is 0. The number of esters is 2. The largest absolute Gasteiger partial charge is 1.00 e. The van der Waals surface area contributed by atoms with Gasteiger partial charge >= 0.3 is 41.5 Å². The molecular formula is C21H39NaO5. The molecule has 0 heterocycles. The third-order valence-corrected chi connectivity index (χ3v) is 4.30. The van der Waals surface area contributed by atoms with E-state index in [1.54, 1.807) is 0 Å². The van der Waals surface area contributed by atoms with Gasteiger partial charge in [-0.15, -0.1) is 0 Å². The zero-order valence-corrected chi connectivity index (χ0v) is 19.5. The van der Waals surface area contributed by atoms with Gasteiger partial charge in [0.25, 0.3) is 0 Å². The Morgan fingerprint density at radius 2 is 1.37 bits per heavy atom. The van der Waals surface area contributed by atoms with Gasteiger partial charge in [0.2, 0.25) is 0 Å². The van der Waals surface area contributed by atoms with E-state index in [0.29, 0.717) is 6.42 Å². The van der Waals surface area contributed by atoms with Crippen molar-refractivity contribution in [2.75, 3.05) is 6.61 Å². The van der Waals surface area contributed by atoms with Crippen molar-refractivity contribution < 1.29 is 55.5 Å². The molecule has 0 spiro atoms. The van der Waals surface area contributed by atoms with E-state index in [1.807, 2.05) is 0 Å². The first-order chi connectivity index (χ1) is 12.6. The molecule has 0 saturated heterocycles. The minimum absolute atomic E-state index is 0. The Bertz CT molecular complexity index is 391. The first-order valence-corrected chi connectivity index (χ1v) is 10.3. The summed E-state index contributed by atoms with van der Waals surface area (Å²) in [7, 11) is 0. The fourth-order valence-electron chi connectivity index (χ4n) is 2.65.